The standard InChI is InChI=1S/C25H23NO4/c1-5-9-17(6-2)23-14-22(27)20-13-15(3)12-19(24(20)30-23)16(4)26-21-11-8-7-10-18(21)25(28)29/h5-14,16,26H,1-2H2,3-4H3,(H,28,29)/b17-9+. The summed E-state index contributed by atoms with van der Waals surface area (Å²) in [4.78, 5) is 24.3. The van der Waals surface area contributed by atoms with Crippen molar-refractivity contribution in [1.82, 2.24) is 0 Å². The molecule has 0 aliphatic carbocycles. The van der Waals surface area contributed by atoms with Crippen molar-refractivity contribution >= 4 is 28.2 Å². The van der Waals surface area contributed by atoms with Gasteiger partial charge in [-0.05, 0) is 37.6 Å². The van der Waals surface area contributed by atoms with Gasteiger partial charge >= 0.3 is 5.97 Å². The van der Waals surface area contributed by atoms with Crippen LogP contribution in [-0.4, -0.2) is 11.1 Å². The molecule has 0 bridgehead atoms. The van der Waals surface area contributed by atoms with Gasteiger partial charge in [-0.2, -0.15) is 0 Å². The first kappa shape index (κ1) is 20.9. The van der Waals surface area contributed by atoms with Crippen molar-refractivity contribution in [2.75, 3.05) is 5.32 Å². The Morgan fingerprint density at radius 1 is 1.20 bits per heavy atom. The second-order valence-corrected chi connectivity index (χ2v) is 6.98. The number of benzene rings is 2. The van der Waals surface area contributed by atoms with E-state index in [-0.39, 0.29) is 17.0 Å². The van der Waals surface area contributed by atoms with Crippen LogP contribution in [-0.2, 0) is 0 Å². The molecule has 30 heavy (non-hydrogen) atoms. The molecular formula is C25H23NO4. The highest BCUT2D eigenvalue weighted by atomic mass is 16.4. The van der Waals surface area contributed by atoms with Crippen LogP contribution < -0.4 is 10.7 Å². The van der Waals surface area contributed by atoms with E-state index in [1.54, 1.807) is 48.6 Å². The maximum absolute atomic E-state index is 12.8. The number of carbonyl (C=O) groups is 1. The zero-order valence-electron chi connectivity index (χ0n) is 16.9. The Morgan fingerprint density at radius 2 is 1.93 bits per heavy atom. The summed E-state index contributed by atoms with van der Waals surface area (Å²) < 4.78 is 6.13. The van der Waals surface area contributed by atoms with Gasteiger partial charge in [0.2, 0.25) is 0 Å². The van der Waals surface area contributed by atoms with Gasteiger partial charge in [0.25, 0.3) is 0 Å². The number of hydrogen-bond donors (Lipinski definition) is 2. The maximum Gasteiger partial charge on any atom is 0.337 e. The third-order valence-corrected chi connectivity index (χ3v) is 4.80. The van der Waals surface area contributed by atoms with Crippen LogP contribution in [0.1, 0.15) is 40.2 Å². The Labute approximate surface area is 174 Å². The Kier molecular flexibility index (Phi) is 6.02. The number of hydrogen-bond acceptors (Lipinski definition) is 4. The summed E-state index contributed by atoms with van der Waals surface area (Å²) >= 11 is 0. The van der Waals surface area contributed by atoms with Crippen LogP contribution in [0.15, 0.2) is 83.1 Å². The van der Waals surface area contributed by atoms with Crippen molar-refractivity contribution in [1.29, 1.82) is 0 Å². The zero-order valence-corrected chi connectivity index (χ0v) is 16.9. The minimum absolute atomic E-state index is 0.161. The Bertz CT molecular complexity index is 1230. The van der Waals surface area contributed by atoms with Gasteiger partial charge in [-0.15, -0.1) is 0 Å². The molecule has 0 radical (unpaired) electrons. The average molecular weight is 401 g/mol. The number of aryl methyl sites for hydroxylation is 1. The van der Waals surface area contributed by atoms with Gasteiger partial charge in [0, 0.05) is 22.9 Å². The van der Waals surface area contributed by atoms with E-state index >= 15 is 0 Å². The molecule has 0 saturated carbocycles. The fraction of sp³-hybridized carbons (Fsp3) is 0.120. The number of carboxylic acids is 1. The molecule has 0 amide bonds. The van der Waals surface area contributed by atoms with E-state index in [1.165, 1.54) is 6.07 Å². The predicted octanol–water partition coefficient (Wildman–Crippen LogP) is 5.73. The van der Waals surface area contributed by atoms with E-state index in [1.807, 2.05) is 19.9 Å². The topological polar surface area (TPSA) is 79.5 Å². The fourth-order valence-corrected chi connectivity index (χ4v) is 3.38. The van der Waals surface area contributed by atoms with E-state index in [0.29, 0.717) is 28.0 Å². The second kappa shape index (κ2) is 8.66. The van der Waals surface area contributed by atoms with Crippen LogP contribution in [0.5, 0.6) is 0 Å². The third kappa shape index (κ3) is 4.10. The van der Waals surface area contributed by atoms with Crippen LogP contribution in [0.25, 0.3) is 16.5 Å². The van der Waals surface area contributed by atoms with Crippen LogP contribution in [0, 0.1) is 6.92 Å². The molecule has 3 aromatic rings. The van der Waals surface area contributed by atoms with Gasteiger partial charge in [-0.1, -0.05) is 49.6 Å². The number of fused-ring (bicyclic) bond motifs is 1. The number of aromatic carboxylic acids is 1. The molecule has 5 nitrogen and oxygen atoms in total. The van der Waals surface area contributed by atoms with Gasteiger partial charge in [-0.3, -0.25) is 4.79 Å². The second-order valence-electron chi connectivity index (χ2n) is 6.98. The molecule has 2 aromatic carbocycles. The van der Waals surface area contributed by atoms with Crippen molar-refractivity contribution < 1.29 is 14.3 Å². The van der Waals surface area contributed by atoms with Gasteiger partial charge in [-0.25, -0.2) is 4.79 Å². The summed E-state index contributed by atoms with van der Waals surface area (Å²) in [5.74, 6) is -0.621. The van der Waals surface area contributed by atoms with E-state index < -0.39 is 5.97 Å². The summed E-state index contributed by atoms with van der Waals surface area (Å²) in [5.41, 5.74) is 3.26. The number of rotatable bonds is 7. The van der Waals surface area contributed by atoms with E-state index in [0.717, 1.165) is 11.1 Å². The van der Waals surface area contributed by atoms with Crippen molar-refractivity contribution in [2.45, 2.75) is 19.9 Å². The Hall–Kier alpha value is -3.86. The monoisotopic (exact) mass is 401 g/mol. The third-order valence-electron chi connectivity index (χ3n) is 4.80. The summed E-state index contributed by atoms with van der Waals surface area (Å²) in [5, 5.41) is 13.2. The van der Waals surface area contributed by atoms with Crippen LogP contribution in [0.3, 0.4) is 0 Å². The molecule has 0 aliphatic heterocycles. The smallest absolute Gasteiger partial charge is 0.337 e. The highest BCUT2D eigenvalue weighted by Crippen LogP contribution is 2.30. The highest BCUT2D eigenvalue weighted by Gasteiger charge is 2.18. The van der Waals surface area contributed by atoms with Gasteiger partial charge in [0.1, 0.15) is 11.3 Å². The normalized spacial score (nSPS) is 12.4. The molecule has 1 heterocycles. The van der Waals surface area contributed by atoms with Crippen molar-refractivity contribution in [3.05, 3.63) is 107 Å². The molecule has 0 aliphatic rings. The molecule has 0 spiro atoms. The lowest BCUT2D eigenvalue weighted by Crippen LogP contribution is -2.12. The number of nitrogens with one attached hydrogen (secondary N) is 1. The van der Waals surface area contributed by atoms with Crippen LogP contribution in [0.2, 0.25) is 0 Å². The number of carboxylic acid groups (broad SMARTS) is 1. The molecule has 152 valence electrons. The Balaban J connectivity index is 2.17. The molecule has 5 heteroatoms. The predicted molar refractivity (Wildman–Crippen MR) is 121 cm³/mol. The van der Waals surface area contributed by atoms with Crippen molar-refractivity contribution in [2.24, 2.45) is 0 Å². The molecule has 3 rings (SSSR count). The summed E-state index contributed by atoms with van der Waals surface area (Å²) in [6.45, 7) is 11.3. The zero-order chi connectivity index (χ0) is 21.8. The van der Waals surface area contributed by atoms with Gasteiger partial charge in [0.15, 0.2) is 5.43 Å². The van der Waals surface area contributed by atoms with Gasteiger partial charge in [0.05, 0.1) is 17.0 Å². The van der Waals surface area contributed by atoms with Crippen LogP contribution in [0.4, 0.5) is 5.69 Å². The fourth-order valence-electron chi connectivity index (χ4n) is 3.38. The van der Waals surface area contributed by atoms with Crippen molar-refractivity contribution in [3.8, 4) is 0 Å². The van der Waals surface area contributed by atoms with Crippen molar-refractivity contribution in [3.63, 3.8) is 0 Å². The largest absolute Gasteiger partial charge is 0.478 e. The quantitative estimate of drug-likeness (QED) is 0.494. The molecule has 0 saturated heterocycles. The molecule has 2 N–H and O–H groups in total. The summed E-state index contributed by atoms with van der Waals surface area (Å²) in [6, 6.07) is 11.5. The number of allylic oxidation sites excluding steroid dienone is 4. The maximum atomic E-state index is 12.8. The summed E-state index contributed by atoms with van der Waals surface area (Å²) in [7, 11) is 0. The SMILES string of the molecule is C=C/C=C(\C=C)c1cc(=O)c2cc(C)cc(C(C)Nc3ccccc3C(=O)O)c2o1. The first-order valence-electron chi connectivity index (χ1n) is 9.48. The molecule has 1 unspecified atom stereocenters. The first-order valence-corrected chi connectivity index (χ1v) is 9.48. The molecule has 0 fully saturated rings. The Morgan fingerprint density at radius 3 is 2.60 bits per heavy atom. The lowest BCUT2D eigenvalue weighted by Gasteiger charge is -2.19. The molecule has 1 atom stereocenters. The lowest BCUT2D eigenvalue weighted by molar-refractivity contribution is 0.0698. The molecule has 1 aromatic heterocycles. The first-order chi connectivity index (χ1) is 14.3. The lowest BCUT2D eigenvalue weighted by atomic mass is 10.00. The average Bonchev–Trinajstić information content (AvgIpc) is 2.72. The van der Waals surface area contributed by atoms with Crippen LogP contribution >= 0.6 is 0 Å². The highest BCUT2D eigenvalue weighted by molar-refractivity contribution is 5.94. The van der Waals surface area contributed by atoms with E-state index in [9.17, 15) is 14.7 Å². The summed E-state index contributed by atoms with van der Waals surface area (Å²) in [6.07, 6.45) is 4.92. The van der Waals surface area contributed by atoms with E-state index in [2.05, 4.69) is 18.5 Å². The minimum Gasteiger partial charge on any atom is -0.478 e. The number of anilines is 1. The molecular weight excluding hydrogens is 378 g/mol. The van der Waals surface area contributed by atoms with Gasteiger partial charge < -0.3 is 14.8 Å². The minimum atomic E-state index is -1.02. The number of para-hydroxylation sites is 1. The van der Waals surface area contributed by atoms with E-state index in [4.69, 9.17) is 4.42 Å².